The zero-order valence-corrected chi connectivity index (χ0v) is 9.56. The second-order valence-electron chi connectivity index (χ2n) is 4.42. The summed E-state index contributed by atoms with van der Waals surface area (Å²) in [7, 11) is 1.73. The molecule has 1 N–H and O–H groups in total. The quantitative estimate of drug-likeness (QED) is 0.749. The first kappa shape index (κ1) is 12.0. The zero-order chi connectivity index (χ0) is 10.7. The second-order valence-corrected chi connectivity index (χ2v) is 4.42. The lowest BCUT2D eigenvalue weighted by Crippen LogP contribution is -2.32. The summed E-state index contributed by atoms with van der Waals surface area (Å²) >= 11 is 0. The summed E-state index contributed by atoms with van der Waals surface area (Å²) in [5.41, 5.74) is 0. The summed E-state index contributed by atoms with van der Waals surface area (Å²) in [5, 5.41) is 9.02. The number of hydrogen-bond acceptors (Lipinski definition) is 3. The maximum absolute atomic E-state index is 9.02. The molecule has 3 heteroatoms. The van der Waals surface area contributed by atoms with E-state index < -0.39 is 0 Å². The van der Waals surface area contributed by atoms with Gasteiger partial charge in [-0.2, -0.15) is 0 Å². The monoisotopic (exact) mass is 202 g/mol. The van der Waals surface area contributed by atoms with Gasteiger partial charge in [-0.25, -0.2) is 0 Å². The second kappa shape index (κ2) is 5.10. The molecule has 0 aromatic heterocycles. The number of rotatable bonds is 4. The van der Waals surface area contributed by atoms with E-state index in [9.17, 15) is 0 Å². The van der Waals surface area contributed by atoms with Gasteiger partial charge in [0.15, 0.2) is 0 Å². The fourth-order valence-electron chi connectivity index (χ4n) is 2.20. The third-order valence-electron chi connectivity index (χ3n) is 3.38. The molecule has 1 rings (SSSR count). The molecule has 0 aliphatic carbocycles. The van der Waals surface area contributed by atoms with E-state index in [1.165, 1.54) is 0 Å². The molecular formula is C11H22O3. The molecule has 0 radical (unpaired) electrons. The van der Waals surface area contributed by atoms with Crippen LogP contribution < -0.4 is 0 Å². The lowest BCUT2D eigenvalue weighted by Gasteiger charge is -2.27. The van der Waals surface area contributed by atoms with E-state index in [0.29, 0.717) is 11.8 Å². The van der Waals surface area contributed by atoms with Crippen LogP contribution in [0, 0.1) is 11.8 Å². The van der Waals surface area contributed by atoms with Crippen molar-refractivity contribution in [2.75, 3.05) is 13.7 Å². The van der Waals surface area contributed by atoms with Gasteiger partial charge < -0.3 is 14.6 Å². The van der Waals surface area contributed by atoms with Gasteiger partial charge in [-0.3, -0.25) is 0 Å². The molecule has 5 atom stereocenters. The Labute approximate surface area is 86.4 Å². The van der Waals surface area contributed by atoms with Crippen molar-refractivity contribution in [1.29, 1.82) is 0 Å². The highest BCUT2D eigenvalue weighted by molar-refractivity contribution is 4.85. The average Bonchev–Trinajstić information content (AvgIpc) is 2.57. The summed E-state index contributed by atoms with van der Waals surface area (Å²) in [6, 6.07) is 0. The Morgan fingerprint density at radius 2 is 2.14 bits per heavy atom. The molecule has 84 valence electrons. The van der Waals surface area contributed by atoms with Crippen molar-refractivity contribution in [3.8, 4) is 0 Å². The molecule has 0 aromatic carbocycles. The lowest BCUT2D eigenvalue weighted by molar-refractivity contribution is -0.0560. The van der Waals surface area contributed by atoms with Crippen LogP contribution in [0.3, 0.4) is 0 Å². The molecule has 1 aliphatic rings. The van der Waals surface area contributed by atoms with E-state index in [-0.39, 0.29) is 24.9 Å². The van der Waals surface area contributed by atoms with Gasteiger partial charge >= 0.3 is 0 Å². The van der Waals surface area contributed by atoms with Gasteiger partial charge in [0.05, 0.1) is 24.9 Å². The molecule has 14 heavy (non-hydrogen) atoms. The molecule has 3 nitrogen and oxygen atoms in total. The van der Waals surface area contributed by atoms with Crippen LogP contribution >= 0.6 is 0 Å². The molecule has 0 aromatic rings. The van der Waals surface area contributed by atoms with Crippen LogP contribution in [-0.4, -0.2) is 37.1 Å². The van der Waals surface area contributed by atoms with Crippen LogP contribution in [0.1, 0.15) is 27.2 Å². The Morgan fingerprint density at radius 3 is 2.57 bits per heavy atom. The highest BCUT2D eigenvalue weighted by Crippen LogP contribution is 2.32. The third-order valence-corrected chi connectivity index (χ3v) is 3.38. The minimum Gasteiger partial charge on any atom is -0.394 e. The minimum atomic E-state index is 0.0292. The van der Waals surface area contributed by atoms with Crippen LogP contribution in [0.2, 0.25) is 0 Å². The number of methoxy groups -OCH3 is 1. The van der Waals surface area contributed by atoms with Gasteiger partial charge in [0.25, 0.3) is 0 Å². The summed E-state index contributed by atoms with van der Waals surface area (Å²) in [4.78, 5) is 0. The van der Waals surface area contributed by atoms with Crippen LogP contribution in [0.4, 0.5) is 0 Å². The number of aliphatic hydroxyl groups is 1. The first-order chi connectivity index (χ1) is 6.60. The molecule has 1 aliphatic heterocycles. The fraction of sp³-hybridized carbons (Fsp3) is 1.00. The summed E-state index contributed by atoms with van der Waals surface area (Å²) in [5.74, 6) is 0.895. The van der Waals surface area contributed by atoms with Gasteiger partial charge in [-0.15, -0.1) is 0 Å². The molecule has 0 bridgehead atoms. The highest BCUT2D eigenvalue weighted by atomic mass is 16.5. The highest BCUT2D eigenvalue weighted by Gasteiger charge is 2.37. The summed E-state index contributed by atoms with van der Waals surface area (Å²) in [6.45, 7) is 6.52. The standard InChI is InChI=1S/C11H22O3/c1-7-5-10(6-12)14-11(7)8(2)9(3)13-4/h7-12H,5-6H2,1-4H3/t7-,8+,9-,10-,11-/m1/s1. The van der Waals surface area contributed by atoms with Crippen molar-refractivity contribution in [3.63, 3.8) is 0 Å². The van der Waals surface area contributed by atoms with Crippen molar-refractivity contribution in [3.05, 3.63) is 0 Å². The van der Waals surface area contributed by atoms with Crippen molar-refractivity contribution >= 4 is 0 Å². The maximum atomic E-state index is 9.02. The number of aliphatic hydroxyl groups excluding tert-OH is 1. The smallest absolute Gasteiger partial charge is 0.0813 e. The van der Waals surface area contributed by atoms with Crippen LogP contribution in [0.5, 0.6) is 0 Å². The minimum absolute atomic E-state index is 0.0292. The van der Waals surface area contributed by atoms with Crippen LogP contribution in [0.15, 0.2) is 0 Å². The van der Waals surface area contributed by atoms with Gasteiger partial charge in [-0.05, 0) is 19.3 Å². The molecule has 1 heterocycles. The van der Waals surface area contributed by atoms with E-state index >= 15 is 0 Å². The maximum Gasteiger partial charge on any atom is 0.0813 e. The largest absolute Gasteiger partial charge is 0.394 e. The Morgan fingerprint density at radius 1 is 1.50 bits per heavy atom. The Balaban J connectivity index is 2.51. The molecule has 0 saturated carbocycles. The average molecular weight is 202 g/mol. The van der Waals surface area contributed by atoms with Crippen molar-refractivity contribution in [2.24, 2.45) is 11.8 Å². The fourth-order valence-corrected chi connectivity index (χ4v) is 2.20. The molecule has 1 fully saturated rings. The summed E-state index contributed by atoms with van der Waals surface area (Å²) < 4.78 is 11.1. The molecule has 1 saturated heterocycles. The Kier molecular flexibility index (Phi) is 4.35. The van der Waals surface area contributed by atoms with E-state index in [2.05, 4.69) is 20.8 Å². The first-order valence-electron chi connectivity index (χ1n) is 5.39. The van der Waals surface area contributed by atoms with E-state index in [1.807, 2.05) is 0 Å². The van der Waals surface area contributed by atoms with Crippen LogP contribution in [-0.2, 0) is 9.47 Å². The van der Waals surface area contributed by atoms with E-state index in [4.69, 9.17) is 14.6 Å². The molecule has 0 unspecified atom stereocenters. The van der Waals surface area contributed by atoms with Gasteiger partial charge in [0.2, 0.25) is 0 Å². The topological polar surface area (TPSA) is 38.7 Å². The zero-order valence-electron chi connectivity index (χ0n) is 9.56. The predicted molar refractivity (Wildman–Crippen MR) is 55.2 cm³/mol. The molecule has 0 amide bonds. The van der Waals surface area contributed by atoms with Gasteiger partial charge in [0, 0.05) is 13.0 Å². The van der Waals surface area contributed by atoms with Crippen molar-refractivity contribution in [1.82, 2.24) is 0 Å². The number of hydrogen-bond donors (Lipinski definition) is 1. The number of ether oxygens (including phenoxy) is 2. The SMILES string of the molecule is CO[C@H](C)[C@H](C)[C@@H]1O[C@@H](CO)C[C@H]1C. The first-order valence-corrected chi connectivity index (χ1v) is 5.39. The predicted octanol–water partition coefficient (Wildman–Crippen LogP) is 1.44. The lowest BCUT2D eigenvalue weighted by atomic mass is 9.89. The molecular weight excluding hydrogens is 180 g/mol. The summed E-state index contributed by atoms with van der Waals surface area (Å²) in [6.07, 6.45) is 1.42. The van der Waals surface area contributed by atoms with Crippen molar-refractivity contribution in [2.45, 2.75) is 45.5 Å². The van der Waals surface area contributed by atoms with E-state index in [1.54, 1.807) is 7.11 Å². The van der Waals surface area contributed by atoms with E-state index in [0.717, 1.165) is 6.42 Å². The third kappa shape index (κ3) is 2.47. The Bertz CT molecular complexity index is 172. The normalized spacial score (nSPS) is 37.1. The molecule has 0 spiro atoms. The van der Waals surface area contributed by atoms with Gasteiger partial charge in [-0.1, -0.05) is 13.8 Å². The Hall–Kier alpha value is -0.120. The van der Waals surface area contributed by atoms with Crippen LogP contribution in [0.25, 0.3) is 0 Å². The van der Waals surface area contributed by atoms with Gasteiger partial charge in [0.1, 0.15) is 0 Å². The van der Waals surface area contributed by atoms with Crippen molar-refractivity contribution < 1.29 is 14.6 Å².